The number of anilines is 1. The van der Waals surface area contributed by atoms with Gasteiger partial charge in [-0.15, -0.1) is 0 Å². The summed E-state index contributed by atoms with van der Waals surface area (Å²) in [6, 6.07) is 8.69. The van der Waals surface area contributed by atoms with Crippen molar-refractivity contribution < 1.29 is 22.4 Å². The van der Waals surface area contributed by atoms with E-state index in [1.165, 1.54) is 23.1 Å². The van der Waals surface area contributed by atoms with Gasteiger partial charge in [-0.1, -0.05) is 43.1 Å². The number of amides is 2. The average molecular weight is 532 g/mol. The number of carbonyl (C=O) groups is 2. The van der Waals surface area contributed by atoms with Gasteiger partial charge in [0.1, 0.15) is 18.4 Å². The van der Waals surface area contributed by atoms with Crippen molar-refractivity contribution in [3.63, 3.8) is 0 Å². The van der Waals surface area contributed by atoms with Crippen LogP contribution in [0.3, 0.4) is 0 Å². The maximum absolute atomic E-state index is 13.5. The molecule has 0 heterocycles. The first-order chi connectivity index (χ1) is 16.0. The van der Waals surface area contributed by atoms with E-state index < -0.39 is 34.3 Å². The third kappa shape index (κ3) is 7.58. The fourth-order valence-electron chi connectivity index (χ4n) is 3.34. The van der Waals surface area contributed by atoms with Crippen molar-refractivity contribution in [2.24, 2.45) is 0 Å². The summed E-state index contributed by atoms with van der Waals surface area (Å²) in [5.74, 6) is -1.50. The van der Waals surface area contributed by atoms with E-state index in [-0.39, 0.29) is 18.1 Å². The predicted molar refractivity (Wildman–Crippen MR) is 133 cm³/mol. The number of hydrogen-bond acceptors (Lipinski definition) is 4. The van der Waals surface area contributed by atoms with Crippen LogP contribution in [0.5, 0.6) is 0 Å². The lowest BCUT2D eigenvalue weighted by atomic mass is 10.1. The van der Waals surface area contributed by atoms with Gasteiger partial charge >= 0.3 is 0 Å². The molecule has 0 spiro atoms. The molecule has 0 aromatic heterocycles. The largest absolute Gasteiger partial charge is 0.354 e. The molecule has 186 valence electrons. The molecule has 0 radical (unpaired) electrons. The average Bonchev–Trinajstić information content (AvgIpc) is 2.77. The molecule has 0 saturated heterocycles. The highest BCUT2D eigenvalue weighted by atomic mass is 35.5. The first-order valence-electron chi connectivity index (χ1n) is 10.7. The molecular weight excluding hydrogens is 504 g/mol. The van der Waals surface area contributed by atoms with Crippen LogP contribution in [0, 0.1) is 5.82 Å². The molecule has 0 saturated carbocycles. The van der Waals surface area contributed by atoms with Crippen LogP contribution in [-0.2, 0) is 26.2 Å². The van der Waals surface area contributed by atoms with Crippen LogP contribution in [0.25, 0.3) is 0 Å². The van der Waals surface area contributed by atoms with E-state index in [0.717, 1.165) is 22.7 Å². The van der Waals surface area contributed by atoms with Crippen LogP contribution in [0.4, 0.5) is 10.1 Å². The fraction of sp³-hybridized carbons (Fsp3) is 0.391. The number of hydrogen-bond donors (Lipinski definition) is 1. The van der Waals surface area contributed by atoms with E-state index >= 15 is 0 Å². The number of carbonyl (C=O) groups excluding carboxylic acids is 2. The Balaban J connectivity index is 2.44. The summed E-state index contributed by atoms with van der Waals surface area (Å²) in [5, 5.41) is 3.52. The Labute approximate surface area is 209 Å². The number of benzene rings is 2. The number of sulfonamides is 1. The van der Waals surface area contributed by atoms with Crippen molar-refractivity contribution in [1.29, 1.82) is 0 Å². The van der Waals surface area contributed by atoms with E-state index in [9.17, 15) is 22.4 Å². The van der Waals surface area contributed by atoms with Crippen LogP contribution < -0.4 is 9.62 Å². The van der Waals surface area contributed by atoms with Gasteiger partial charge in [-0.05, 0) is 54.8 Å². The van der Waals surface area contributed by atoms with Crippen LogP contribution in [0.2, 0.25) is 10.0 Å². The minimum absolute atomic E-state index is 0.0338. The summed E-state index contributed by atoms with van der Waals surface area (Å²) in [7, 11) is -3.89. The van der Waals surface area contributed by atoms with Crippen LogP contribution >= 0.6 is 23.2 Å². The smallest absolute Gasteiger partial charge is 0.244 e. The highest BCUT2D eigenvalue weighted by Crippen LogP contribution is 2.25. The zero-order valence-corrected chi connectivity index (χ0v) is 21.6. The summed E-state index contributed by atoms with van der Waals surface area (Å²) in [5.41, 5.74) is 0.680. The Morgan fingerprint density at radius 2 is 1.74 bits per heavy atom. The molecule has 0 fully saturated rings. The molecule has 2 rings (SSSR count). The molecule has 1 N–H and O–H groups in total. The number of halogens is 3. The lowest BCUT2D eigenvalue weighted by molar-refractivity contribution is -0.140. The normalized spacial score (nSPS) is 12.2. The zero-order valence-electron chi connectivity index (χ0n) is 19.2. The highest BCUT2D eigenvalue weighted by molar-refractivity contribution is 7.92. The molecule has 0 aliphatic carbocycles. The second-order valence-electron chi connectivity index (χ2n) is 7.72. The molecule has 0 unspecified atom stereocenters. The Morgan fingerprint density at radius 1 is 1.09 bits per heavy atom. The molecule has 0 aliphatic heterocycles. The van der Waals surface area contributed by atoms with Crippen molar-refractivity contribution >= 4 is 50.7 Å². The van der Waals surface area contributed by atoms with Gasteiger partial charge in [0.05, 0.1) is 11.9 Å². The van der Waals surface area contributed by atoms with Gasteiger partial charge in [0, 0.05) is 23.1 Å². The predicted octanol–water partition coefficient (Wildman–Crippen LogP) is 4.23. The van der Waals surface area contributed by atoms with E-state index in [4.69, 9.17) is 23.2 Å². The maximum atomic E-state index is 13.5. The van der Waals surface area contributed by atoms with Crippen molar-refractivity contribution in [2.45, 2.75) is 39.3 Å². The second kappa shape index (κ2) is 12.4. The summed E-state index contributed by atoms with van der Waals surface area (Å²) < 4.78 is 39.2. The van der Waals surface area contributed by atoms with E-state index in [1.807, 2.05) is 6.92 Å². The quantitative estimate of drug-likeness (QED) is 0.469. The molecule has 34 heavy (non-hydrogen) atoms. The minimum Gasteiger partial charge on any atom is -0.354 e. The molecule has 2 aromatic rings. The van der Waals surface area contributed by atoms with E-state index in [2.05, 4.69) is 5.32 Å². The topological polar surface area (TPSA) is 86.8 Å². The van der Waals surface area contributed by atoms with Gasteiger partial charge in [-0.3, -0.25) is 13.9 Å². The van der Waals surface area contributed by atoms with Gasteiger partial charge in [-0.2, -0.15) is 0 Å². The Kier molecular flexibility index (Phi) is 10.1. The molecule has 2 aromatic carbocycles. The van der Waals surface area contributed by atoms with Crippen molar-refractivity contribution in [3.8, 4) is 0 Å². The lowest BCUT2D eigenvalue weighted by Crippen LogP contribution is -2.52. The zero-order chi connectivity index (χ0) is 25.5. The molecule has 7 nitrogen and oxygen atoms in total. The number of rotatable bonds is 11. The highest BCUT2D eigenvalue weighted by Gasteiger charge is 2.32. The third-order valence-corrected chi connectivity index (χ3v) is 6.81. The van der Waals surface area contributed by atoms with Crippen LogP contribution in [0.15, 0.2) is 42.5 Å². The van der Waals surface area contributed by atoms with E-state index in [1.54, 1.807) is 19.1 Å². The fourth-order valence-corrected chi connectivity index (χ4v) is 4.66. The van der Waals surface area contributed by atoms with Crippen molar-refractivity contribution in [3.05, 3.63) is 63.9 Å². The molecule has 0 aliphatic rings. The lowest BCUT2D eigenvalue weighted by Gasteiger charge is -2.33. The summed E-state index contributed by atoms with van der Waals surface area (Å²) >= 11 is 12.3. The number of nitrogens with zero attached hydrogens (tertiary/aromatic N) is 2. The Morgan fingerprint density at radius 3 is 2.26 bits per heavy atom. The molecule has 0 bridgehead atoms. The molecule has 1 atom stereocenters. The molecule has 2 amide bonds. The maximum Gasteiger partial charge on any atom is 0.244 e. The number of nitrogens with one attached hydrogen (secondary N) is 1. The van der Waals surface area contributed by atoms with Gasteiger partial charge < -0.3 is 10.2 Å². The molecule has 11 heteroatoms. The standard InChI is InChI=1S/C23H28Cl2FN3O4S/c1-4-12-27-23(31)21(5-2)28(14-16-6-7-17(24)13-20(16)25)22(30)15-29(34(3,32)33)19-10-8-18(26)9-11-19/h6-11,13,21H,4-5,12,14-15H2,1-3H3,(H,27,31)/t21-/m1/s1. The Hall–Kier alpha value is -2.36. The SMILES string of the molecule is CCCNC(=O)[C@@H](CC)N(Cc1ccc(Cl)cc1Cl)C(=O)CN(c1ccc(F)cc1)S(C)(=O)=O. The summed E-state index contributed by atoms with van der Waals surface area (Å²) in [6.07, 6.45) is 1.96. The van der Waals surface area contributed by atoms with Gasteiger partial charge in [0.2, 0.25) is 21.8 Å². The van der Waals surface area contributed by atoms with Crippen LogP contribution in [-0.4, -0.2) is 50.5 Å². The van der Waals surface area contributed by atoms with Crippen molar-refractivity contribution in [1.82, 2.24) is 10.2 Å². The van der Waals surface area contributed by atoms with Crippen molar-refractivity contribution in [2.75, 3.05) is 23.7 Å². The van der Waals surface area contributed by atoms with Gasteiger partial charge in [-0.25, -0.2) is 12.8 Å². The van der Waals surface area contributed by atoms with Crippen LogP contribution in [0.1, 0.15) is 32.3 Å². The Bertz CT molecular complexity index is 1110. The minimum atomic E-state index is -3.89. The van der Waals surface area contributed by atoms with Gasteiger partial charge in [0.15, 0.2) is 0 Å². The first kappa shape index (κ1) is 27.9. The summed E-state index contributed by atoms with van der Waals surface area (Å²) in [6.45, 7) is 3.49. The third-order valence-electron chi connectivity index (χ3n) is 5.08. The van der Waals surface area contributed by atoms with Gasteiger partial charge in [0.25, 0.3) is 0 Å². The second-order valence-corrected chi connectivity index (χ2v) is 10.5. The summed E-state index contributed by atoms with van der Waals surface area (Å²) in [4.78, 5) is 27.7. The van der Waals surface area contributed by atoms with E-state index in [0.29, 0.717) is 35.0 Å². The molecular formula is C23H28Cl2FN3O4S. The first-order valence-corrected chi connectivity index (χ1v) is 13.3. The monoisotopic (exact) mass is 531 g/mol.